The van der Waals surface area contributed by atoms with Gasteiger partial charge in [0, 0.05) is 24.3 Å². The number of hydrogen-bond donors (Lipinski definition) is 3. The molecule has 1 aliphatic heterocycles. The van der Waals surface area contributed by atoms with Crippen LogP contribution in [0.4, 0.5) is 29.1 Å². The lowest BCUT2D eigenvalue weighted by molar-refractivity contribution is -0.137. The summed E-state index contributed by atoms with van der Waals surface area (Å²) in [6, 6.07) is 2.76. The van der Waals surface area contributed by atoms with Gasteiger partial charge in [-0.15, -0.1) is 0 Å². The Hall–Kier alpha value is -3.41. The number of hydrogen-bond acceptors (Lipinski definition) is 8. The molecule has 1 aromatic carbocycles. The molecule has 0 amide bonds. The number of ether oxygens (including phenoxy) is 2. The lowest BCUT2D eigenvalue weighted by Gasteiger charge is -2.19. The first-order valence-electron chi connectivity index (χ1n) is 10.2. The van der Waals surface area contributed by atoms with E-state index < -0.39 is 28.8 Å². The average molecular weight is 466 g/mol. The number of rotatable bonds is 2. The maximum atomic E-state index is 15.8. The maximum absolute atomic E-state index is 15.8. The predicted octanol–water partition coefficient (Wildman–Crippen LogP) is 3.61. The van der Waals surface area contributed by atoms with Crippen LogP contribution in [0.1, 0.15) is 18.9 Å². The lowest BCUT2D eigenvalue weighted by Crippen LogP contribution is -2.26. The first-order valence-corrected chi connectivity index (χ1v) is 10.2. The Labute approximate surface area is 186 Å². The van der Waals surface area contributed by atoms with Crippen molar-refractivity contribution in [2.45, 2.75) is 25.6 Å². The standard InChI is InChI=1S/C21H22F4N6O2/c1-10-5-6-27-7-8-28-18-14-17(30-20(31-18)32-2)15(22)16(29-19(14)33-10)12-9-11(26)3-4-13(12)21(23,24)25/h3-4,9-10,27H,5-8,26H2,1-2H3,(H,28,30,31). The molecule has 4 N–H and O–H groups in total. The Balaban J connectivity index is 2.05. The van der Waals surface area contributed by atoms with Crippen molar-refractivity contribution >= 4 is 22.4 Å². The Kier molecular flexibility index (Phi) is 6.11. The summed E-state index contributed by atoms with van der Waals surface area (Å²) in [4.78, 5) is 12.5. The Morgan fingerprint density at radius 3 is 2.67 bits per heavy atom. The minimum Gasteiger partial charge on any atom is -0.474 e. The molecule has 1 unspecified atom stereocenters. The molecule has 3 aromatic rings. The van der Waals surface area contributed by atoms with Crippen LogP contribution in [0.15, 0.2) is 18.2 Å². The minimum absolute atomic E-state index is 0.0229. The van der Waals surface area contributed by atoms with Crippen LogP contribution in [0, 0.1) is 5.82 Å². The number of pyridine rings is 1. The molecule has 176 valence electrons. The Bertz CT molecular complexity index is 1190. The first kappa shape index (κ1) is 22.8. The van der Waals surface area contributed by atoms with Crippen LogP contribution in [0.5, 0.6) is 11.9 Å². The third-order valence-corrected chi connectivity index (χ3v) is 5.15. The van der Waals surface area contributed by atoms with Crippen LogP contribution in [0.3, 0.4) is 0 Å². The van der Waals surface area contributed by atoms with Gasteiger partial charge in [-0.3, -0.25) is 0 Å². The van der Waals surface area contributed by atoms with Gasteiger partial charge in [0.25, 0.3) is 0 Å². The van der Waals surface area contributed by atoms with Crippen LogP contribution < -0.4 is 25.8 Å². The summed E-state index contributed by atoms with van der Waals surface area (Å²) in [5.41, 5.74) is 3.30. The van der Waals surface area contributed by atoms with E-state index in [1.165, 1.54) is 7.11 Å². The molecule has 0 radical (unpaired) electrons. The smallest absolute Gasteiger partial charge is 0.417 e. The summed E-state index contributed by atoms with van der Waals surface area (Å²) in [6.07, 6.45) is -4.54. The molecule has 0 spiro atoms. The Morgan fingerprint density at radius 1 is 1.15 bits per heavy atom. The molecule has 0 bridgehead atoms. The minimum atomic E-state index is -4.76. The molecule has 0 fully saturated rings. The topological polar surface area (TPSA) is 107 Å². The van der Waals surface area contributed by atoms with Crippen molar-refractivity contribution in [1.29, 1.82) is 0 Å². The van der Waals surface area contributed by atoms with Gasteiger partial charge >= 0.3 is 12.2 Å². The number of aromatic nitrogens is 3. The van der Waals surface area contributed by atoms with Gasteiger partial charge in [0.2, 0.25) is 5.88 Å². The molecular weight excluding hydrogens is 444 g/mol. The highest BCUT2D eigenvalue weighted by Gasteiger charge is 2.36. The van der Waals surface area contributed by atoms with Gasteiger partial charge in [-0.25, -0.2) is 9.37 Å². The lowest BCUT2D eigenvalue weighted by atomic mass is 10.0. The molecule has 1 atom stereocenters. The average Bonchev–Trinajstić information content (AvgIpc) is 2.79. The van der Waals surface area contributed by atoms with E-state index in [4.69, 9.17) is 15.2 Å². The largest absolute Gasteiger partial charge is 0.474 e. The number of halogens is 4. The molecule has 1 aliphatic rings. The zero-order valence-corrected chi connectivity index (χ0v) is 17.9. The van der Waals surface area contributed by atoms with E-state index in [1.807, 2.05) is 0 Å². The van der Waals surface area contributed by atoms with E-state index in [-0.39, 0.29) is 40.4 Å². The fourth-order valence-electron chi connectivity index (χ4n) is 3.56. The van der Waals surface area contributed by atoms with E-state index in [0.717, 1.165) is 18.2 Å². The fourth-order valence-corrected chi connectivity index (χ4v) is 3.56. The number of alkyl halides is 3. The van der Waals surface area contributed by atoms with Gasteiger partial charge in [-0.2, -0.15) is 23.1 Å². The quantitative estimate of drug-likeness (QED) is 0.389. The molecule has 3 heterocycles. The van der Waals surface area contributed by atoms with E-state index >= 15 is 4.39 Å². The Morgan fingerprint density at radius 2 is 1.94 bits per heavy atom. The second-order valence-corrected chi connectivity index (χ2v) is 7.56. The molecule has 0 aliphatic carbocycles. The zero-order chi connectivity index (χ0) is 23.8. The number of nitrogens with two attached hydrogens (primary N) is 1. The normalized spacial score (nSPS) is 17.1. The van der Waals surface area contributed by atoms with Crippen molar-refractivity contribution in [1.82, 2.24) is 20.3 Å². The van der Waals surface area contributed by atoms with Crippen LogP contribution in [0.2, 0.25) is 0 Å². The molecule has 0 saturated heterocycles. The summed E-state index contributed by atoms with van der Waals surface area (Å²) in [5, 5.41) is 6.41. The highest BCUT2D eigenvalue weighted by Crippen LogP contribution is 2.42. The number of nitrogens with zero attached hydrogens (tertiary/aromatic N) is 3. The number of methoxy groups -OCH3 is 1. The third-order valence-electron chi connectivity index (χ3n) is 5.15. The molecule has 2 aromatic heterocycles. The van der Waals surface area contributed by atoms with Crippen molar-refractivity contribution in [3.05, 3.63) is 29.6 Å². The highest BCUT2D eigenvalue weighted by molar-refractivity contribution is 5.96. The number of nitrogens with one attached hydrogen (secondary N) is 2. The molecule has 0 saturated carbocycles. The monoisotopic (exact) mass is 466 g/mol. The molecule has 8 nitrogen and oxygen atoms in total. The summed E-state index contributed by atoms with van der Waals surface area (Å²) in [7, 11) is 1.31. The van der Waals surface area contributed by atoms with Crippen molar-refractivity contribution in [3.8, 4) is 23.1 Å². The van der Waals surface area contributed by atoms with E-state index in [1.54, 1.807) is 6.92 Å². The van der Waals surface area contributed by atoms with Crippen molar-refractivity contribution in [2.75, 3.05) is 37.8 Å². The first-order chi connectivity index (χ1) is 15.7. The van der Waals surface area contributed by atoms with Crippen LogP contribution in [-0.4, -0.2) is 47.8 Å². The third kappa shape index (κ3) is 4.56. The maximum Gasteiger partial charge on any atom is 0.417 e. The van der Waals surface area contributed by atoms with Gasteiger partial charge in [0.1, 0.15) is 22.4 Å². The van der Waals surface area contributed by atoms with Crippen molar-refractivity contribution in [3.63, 3.8) is 0 Å². The summed E-state index contributed by atoms with van der Waals surface area (Å²) in [5.74, 6) is -0.960. The van der Waals surface area contributed by atoms with Gasteiger partial charge in [-0.05, 0) is 38.1 Å². The zero-order valence-electron chi connectivity index (χ0n) is 17.9. The molecule has 12 heteroatoms. The highest BCUT2D eigenvalue weighted by atomic mass is 19.4. The van der Waals surface area contributed by atoms with Gasteiger partial charge in [-0.1, -0.05) is 0 Å². The van der Waals surface area contributed by atoms with Gasteiger partial charge < -0.3 is 25.8 Å². The second-order valence-electron chi connectivity index (χ2n) is 7.56. The van der Waals surface area contributed by atoms with Crippen LogP contribution in [0.25, 0.3) is 22.2 Å². The SMILES string of the molecule is COc1nc2c3c(nc(-c4cc(N)ccc4C(F)(F)F)c(F)c3n1)OC(C)CCNCCN2. The van der Waals surface area contributed by atoms with Crippen molar-refractivity contribution < 1.29 is 27.0 Å². The fraction of sp³-hybridized carbons (Fsp3) is 0.381. The predicted molar refractivity (Wildman–Crippen MR) is 115 cm³/mol. The number of nitrogen functional groups attached to an aromatic ring is 1. The number of anilines is 2. The summed E-state index contributed by atoms with van der Waals surface area (Å²) >= 11 is 0. The van der Waals surface area contributed by atoms with Crippen LogP contribution >= 0.6 is 0 Å². The number of benzene rings is 1. The van der Waals surface area contributed by atoms with Crippen LogP contribution in [-0.2, 0) is 6.18 Å². The van der Waals surface area contributed by atoms with E-state index in [2.05, 4.69) is 25.6 Å². The van der Waals surface area contributed by atoms with Crippen molar-refractivity contribution in [2.24, 2.45) is 0 Å². The molecule has 4 rings (SSSR count). The van der Waals surface area contributed by atoms with E-state index in [9.17, 15) is 13.2 Å². The van der Waals surface area contributed by atoms with Gasteiger partial charge in [0.15, 0.2) is 5.82 Å². The molecule has 33 heavy (non-hydrogen) atoms. The summed E-state index contributed by atoms with van der Waals surface area (Å²) in [6.45, 7) is 3.47. The van der Waals surface area contributed by atoms with Gasteiger partial charge in [0.05, 0.1) is 18.8 Å². The van der Waals surface area contributed by atoms with E-state index in [0.29, 0.717) is 26.1 Å². The molecular formula is C21H22F4N6O2. The summed E-state index contributed by atoms with van der Waals surface area (Å²) < 4.78 is 68.0. The second kappa shape index (κ2) is 8.85.